The second-order valence-electron chi connectivity index (χ2n) is 4.41. The number of hydrogen-bond donors (Lipinski definition) is 2. The number of carbonyl (C=O) groups is 1. The summed E-state index contributed by atoms with van der Waals surface area (Å²) >= 11 is 0. The molecule has 0 fully saturated rings. The van der Waals surface area contributed by atoms with E-state index in [0.717, 1.165) is 13.2 Å². The molecular weight excluding hydrogens is 412 g/mol. The predicted molar refractivity (Wildman–Crippen MR) is 76.2 cm³/mol. The predicted octanol–water partition coefficient (Wildman–Crippen LogP) is -5.69. The van der Waals surface area contributed by atoms with Crippen LogP contribution in [0, 0.1) is 0 Å². The van der Waals surface area contributed by atoms with Crippen molar-refractivity contribution in [1.29, 1.82) is 0 Å². The number of methoxy groups -OCH3 is 1. The fourth-order valence-electron chi connectivity index (χ4n) is 1.99. The van der Waals surface area contributed by atoms with E-state index in [-0.39, 0.29) is 69.9 Å². The van der Waals surface area contributed by atoms with Gasteiger partial charge in [-0.1, -0.05) is 24.3 Å². The van der Waals surface area contributed by atoms with Gasteiger partial charge in [0, 0.05) is 10.8 Å². The first-order chi connectivity index (χ1) is 11.0. The fraction of sp³-hybridized carbons (Fsp3) is 0.0833. The third-order valence-corrected chi connectivity index (χ3v) is 3.62. The van der Waals surface area contributed by atoms with Crippen LogP contribution in [0.25, 0.3) is 10.8 Å². The van der Waals surface area contributed by atoms with E-state index < -0.39 is 38.7 Å². The van der Waals surface area contributed by atoms with E-state index in [9.17, 15) is 23.7 Å². The smallest absolute Gasteiger partial charge is 0.746 e. The Morgan fingerprint density at radius 3 is 1.96 bits per heavy atom. The first kappa shape index (κ1) is 26.1. The number of phosphoric acid groups is 2. The van der Waals surface area contributed by atoms with E-state index >= 15 is 0 Å². The maximum Gasteiger partial charge on any atom is 1.00 e. The van der Waals surface area contributed by atoms with Crippen molar-refractivity contribution < 1.29 is 106 Å². The number of ether oxygens (including phenoxy) is 1. The minimum absolute atomic E-state index is 0. The number of fused-ring (bicyclic) bond motifs is 1. The van der Waals surface area contributed by atoms with Crippen molar-refractivity contribution in [2.45, 2.75) is 0 Å². The van der Waals surface area contributed by atoms with Crippen LogP contribution in [0.4, 0.5) is 0 Å². The molecular formula is C12H10Na2O10P2. The summed E-state index contributed by atoms with van der Waals surface area (Å²) in [4.78, 5) is 51.7. The molecule has 2 rings (SSSR count). The van der Waals surface area contributed by atoms with Gasteiger partial charge < -0.3 is 33.4 Å². The Bertz CT molecular complexity index is 891. The van der Waals surface area contributed by atoms with Gasteiger partial charge in [0.1, 0.15) is 11.3 Å². The zero-order chi connectivity index (χ0) is 18.1. The number of phosphoric ester groups is 2. The minimum atomic E-state index is -5.29. The summed E-state index contributed by atoms with van der Waals surface area (Å²) in [5.74, 6) is -2.13. The van der Waals surface area contributed by atoms with E-state index in [1.807, 2.05) is 0 Å². The molecule has 0 aromatic heterocycles. The molecule has 130 valence electrons. The Kier molecular flexibility index (Phi) is 10.0. The van der Waals surface area contributed by atoms with Gasteiger partial charge in [0.05, 0.1) is 7.11 Å². The Hall–Kier alpha value is 0.0700. The van der Waals surface area contributed by atoms with Crippen LogP contribution >= 0.6 is 15.6 Å². The van der Waals surface area contributed by atoms with Crippen molar-refractivity contribution in [1.82, 2.24) is 0 Å². The molecule has 0 bridgehead atoms. The summed E-state index contributed by atoms with van der Waals surface area (Å²) in [6.07, 6.45) is 0. The molecule has 0 radical (unpaired) electrons. The van der Waals surface area contributed by atoms with Crippen molar-refractivity contribution >= 4 is 32.4 Å². The number of esters is 1. The van der Waals surface area contributed by atoms with Gasteiger partial charge in [-0.15, -0.1) is 0 Å². The molecule has 2 unspecified atom stereocenters. The summed E-state index contributed by atoms with van der Waals surface area (Å²) in [5, 5.41) is -0.0762. The van der Waals surface area contributed by atoms with Crippen LogP contribution in [0.3, 0.4) is 0 Å². The molecule has 0 aliphatic rings. The average Bonchev–Trinajstić information content (AvgIpc) is 2.46. The van der Waals surface area contributed by atoms with E-state index in [2.05, 4.69) is 13.8 Å². The van der Waals surface area contributed by atoms with Crippen LogP contribution in [0.5, 0.6) is 11.5 Å². The second kappa shape index (κ2) is 10.0. The fourth-order valence-corrected chi connectivity index (χ4v) is 2.82. The Labute approximate surface area is 191 Å². The Morgan fingerprint density at radius 1 is 1.00 bits per heavy atom. The molecule has 14 heteroatoms. The maximum absolute atomic E-state index is 11.8. The maximum atomic E-state index is 11.8. The average molecular weight is 422 g/mol. The Balaban J connectivity index is 0.00000312. The van der Waals surface area contributed by atoms with Crippen LogP contribution < -0.4 is 77.9 Å². The third-order valence-electron chi connectivity index (χ3n) is 2.78. The number of rotatable bonds is 5. The quantitative estimate of drug-likeness (QED) is 0.269. The van der Waals surface area contributed by atoms with Crippen LogP contribution in [-0.4, -0.2) is 22.9 Å². The minimum Gasteiger partial charge on any atom is -0.746 e. The van der Waals surface area contributed by atoms with Crippen LogP contribution in [-0.2, 0) is 13.9 Å². The van der Waals surface area contributed by atoms with E-state index in [0.29, 0.717) is 0 Å². The molecule has 26 heavy (non-hydrogen) atoms. The van der Waals surface area contributed by atoms with Gasteiger partial charge in [-0.05, 0) is 6.07 Å². The molecule has 0 amide bonds. The number of hydrogen-bond acceptors (Lipinski definition) is 8. The number of carbonyl (C=O) groups excluding carboxylic acids is 1. The zero-order valence-corrected chi connectivity index (χ0v) is 19.7. The van der Waals surface area contributed by atoms with Gasteiger partial charge in [0.25, 0.3) is 0 Å². The Morgan fingerprint density at radius 2 is 1.50 bits per heavy atom. The van der Waals surface area contributed by atoms with Crippen molar-refractivity contribution in [2.75, 3.05) is 7.11 Å². The summed E-state index contributed by atoms with van der Waals surface area (Å²) in [5.41, 5.74) is -0.537. The number of benzene rings is 2. The molecule has 2 aromatic carbocycles. The molecule has 0 spiro atoms. The van der Waals surface area contributed by atoms with Crippen molar-refractivity contribution in [3.05, 3.63) is 35.9 Å². The van der Waals surface area contributed by atoms with Crippen molar-refractivity contribution in [2.24, 2.45) is 0 Å². The molecule has 2 aromatic rings. The first-order valence-corrected chi connectivity index (χ1v) is 9.12. The SMILES string of the molecule is COC(=O)c1cc(OP(=O)([O-])O)c2ccccc2c1OP(=O)([O-])O.[Na+].[Na+]. The normalized spacial score (nSPS) is 14.8. The van der Waals surface area contributed by atoms with E-state index in [1.54, 1.807) is 0 Å². The van der Waals surface area contributed by atoms with Gasteiger partial charge in [0.15, 0.2) is 5.75 Å². The first-order valence-electron chi connectivity index (χ1n) is 6.12. The van der Waals surface area contributed by atoms with Gasteiger partial charge >= 0.3 is 80.7 Å². The van der Waals surface area contributed by atoms with E-state index in [1.165, 1.54) is 24.3 Å². The van der Waals surface area contributed by atoms with Crippen molar-refractivity contribution in [3.63, 3.8) is 0 Å². The van der Waals surface area contributed by atoms with Crippen molar-refractivity contribution in [3.8, 4) is 11.5 Å². The largest absolute Gasteiger partial charge is 1.00 e. The molecule has 0 saturated heterocycles. The van der Waals surface area contributed by atoms with Crippen LogP contribution in [0.2, 0.25) is 0 Å². The van der Waals surface area contributed by atoms with Gasteiger partial charge in [-0.25, -0.2) is 4.79 Å². The van der Waals surface area contributed by atoms with Crippen LogP contribution in [0.15, 0.2) is 30.3 Å². The second-order valence-corrected chi connectivity index (χ2v) is 6.65. The summed E-state index contributed by atoms with van der Waals surface area (Å²) < 4.78 is 35.4. The third kappa shape index (κ3) is 6.91. The molecule has 0 saturated carbocycles. The molecule has 0 heterocycles. The molecule has 0 aliphatic heterocycles. The summed E-state index contributed by atoms with van der Waals surface area (Å²) in [6, 6.07) is 6.30. The monoisotopic (exact) mass is 422 g/mol. The molecule has 2 N–H and O–H groups in total. The van der Waals surface area contributed by atoms with Gasteiger partial charge in [-0.3, -0.25) is 9.13 Å². The standard InChI is InChI=1S/C12H12O10P2.2Na/c1-20-12(13)9-6-10(21-23(14,15)16)7-4-2-3-5-8(7)11(9)22-24(17,18)19;;/h2-6H,1H3,(H2,14,15,16)(H2,17,18,19);;/q;2*+1/p-2. The topological polar surface area (TPSA) is 165 Å². The summed E-state index contributed by atoms with van der Waals surface area (Å²) in [7, 11) is -9.52. The van der Waals surface area contributed by atoms with Crippen LogP contribution in [0.1, 0.15) is 10.4 Å². The molecule has 0 aliphatic carbocycles. The molecule has 10 nitrogen and oxygen atoms in total. The van der Waals surface area contributed by atoms with Gasteiger partial charge in [0.2, 0.25) is 0 Å². The van der Waals surface area contributed by atoms with Gasteiger partial charge in [-0.2, -0.15) is 0 Å². The molecule has 2 atom stereocenters. The van der Waals surface area contributed by atoms with E-state index in [4.69, 9.17) is 9.79 Å². The zero-order valence-electron chi connectivity index (χ0n) is 13.9. The summed E-state index contributed by atoms with van der Waals surface area (Å²) in [6.45, 7) is 0.